The van der Waals surface area contributed by atoms with Gasteiger partial charge in [-0.2, -0.15) is 0 Å². The van der Waals surface area contributed by atoms with Crippen molar-refractivity contribution in [1.29, 1.82) is 0 Å². The molecule has 1 saturated carbocycles. The van der Waals surface area contributed by atoms with Crippen molar-refractivity contribution < 1.29 is 14.3 Å². The fourth-order valence-electron chi connectivity index (χ4n) is 2.89. The van der Waals surface area contributed by atoms with Gasteiger partial charge in [-0.15, -0.1) is 0 Å². The van der Waals surface area contributed by atoms with Crippen molar-refractivity contribution in [3.05, 3.63) is 59.2 Å². The molecule has 0 heterocycles. The van der Waals surface area contributed by atoms with E-state index in [9.17, 15) is 4.79 Å². The lowest BCUT2D eigenvalue weighted by atomic mass is 10.1. The quantitative estimate of drug-likeness (QED) is 0.841. The average Bonchev–Trinajstić information content (AvgIpc) is 3.50. The molecule has 1 aliphatic carbocycles. The largest absolute Gasteiger partial charge is 0.497 e. The fraction of sp³-hybridized carbons (Fsp3) is 0.350. The number of carbonyl (C=O) groups is 1. The number of carbonyl (C=O) groups excluding carboxylic acids is 1. The zero-order chi connectivity index (χ0) is 17.8. The van der Waals surface area contributed by atoms with E-state index in [-0.39, 0.29) is 11.9 Å². The summed E-state index contributed by atoms with van der Waals surface area (Å²) in [7, 11) is 3.27. The summed E-state index contributed by atoms with van der Waals surface area (Å²) in [6, 6.07) is 13.5. The number of hydrogen-bond donors (Lipinski definition) is 1. The Morgan fingerprint density at radius 2 is 1.84 bits per heavy atom. The number of benzene rings is 2. The van der Waals surface area contributed by atoms with Crippen LogP contribution in [0, 0.1) is 0 Å². The number of nitrogens with two attached hydrogens (primary N) is 1. The van der Waals surface area contributed by atoms with E-state index in [0.717, 1.165) is 35.5 Å². The monoisotopic (exact) mass is 340 g/mol. The van der Waals surface area contributed by atoms with Crippen LogP contribution < -0.4 is 15.2 Å². The Hall–Kier alpha value is -2.53. The predicted octanol–water partition coefficient (Wildman–Crippen LogP) is 2.97. The molecule has 2 aromatic rings. The van der Waals surface area contributed by atoms with Gasteiger partial charge in [-0.05, 0) is 48.7 Å². The highest BCUT2D eigenvalue weighted by molar-refractivity contribution is 5.94. The molecule has 5 heteroatoms. The van der Waals surface area contributed by atoms with Crippen LogP contribution in [0.25, 0.3) is 0 Å². The van der Waals surface area contributed by atoms with Crippen molar-refractivity contribution in [3.63, 3.8) is 0 Å². The second-order valence-corrected chi connectivity index (χ2v) is 6.24. The maximum absolute atomic E-state index is 13.0. The van der Waals surface area contributed by atoms with E-state index < -0.39 is 0 Å². The Labute approximate surface area is 148 Å². The molecule has 0 spiro atoms. The molecule has 1 aliphatic rings. The Balaban J connectivity index is 1.85. The lowest BCUT2D eigenvalue weighted by Gasteiger charge is -2.24. The Morgan fingerprint density at radius 1 is 1.12 bits per heavy atom. The molecule has 2 aromatic carbocycles. The van der Waals surface area contributed by atoms with E-state index in [0.29, 0.717) is 18.7 Å². The molecule has 3 rings (SSSR count). The number of hydrogen-bond acceptors (Lipinski definition) is 4. The molecular weight excluding hydrogens is 316 g/mol. The lowest BCUT2D eigenvalue weighted by molar-refractivity contribution is 0.0728. The van der Waals surface area contributed by atoms with E-state index in [1.165, 1.54) is 0 Å². The zero-order valence-electron chi connectivity index (χ0n) is 14.7. The van der Waals surface area contributed by atoms with Crippen molar-refractivity contribution in [2.45, 2.75) is 32.0 Å². The highest BCUT2D eigenvalue weighted by atomic mass is 16.5. The van der Waals surface area contributed by atoms with Crippen LogP contribution in [0.2, 0.25) is 0 Å². The third-order valence-electron chi connectivity index (χ3n) is 4.51. The number of nitrogens with zero attached hydrogens (tertiary/aromatic N) is 1. The third kappa shape index (κ3) is 3.94. The first-order chi connectivity index (χ1) is 12.2. The van der Waals surface area contributed by atoms with Crippen molar-refractivity contribution in [2.75, 3.05) is 14.2 Å². The van der Waals surface area contributed by atoms with Gasteiger partial charge in [0.05, 0.1) is 20.8 Å². The van der Waals surface area contributed by atoms with Gasteiger partial charge >= 0.3 is 0 Å². The minimum Gasteiger partial charge on any atom is -0.497 e. The van der Waals surface area contributed by atoms with Gasteiger partial charge in [0.25, 0.3) is 5.91 Å². The predicted molar refractivity (Wildman–Crippen MR) is 96.8 cm³/mol. The first kappa shape index (κ1) is 17.3. The van der Waals surface area contributed by atoms with E-state index in [2.05, 4.69) is 0 Å². The summed E-state index contributed by atoms with van der Waals surface area (Å²) in [6.07, 6.45) is 2.08. The zero-order valence-corrected chi connectivity index (χ0v) is 14.7. The van der Waals surface area contributed by atoms with Gasteiger partial charge in [-0.3, -0.25) is 4.79 Å². The van der Waals surface area contributed by atoms with Gasteiger partial charge < -0.3 is 20.1 Å². The number of rotatable bonds is 7. The standard InChI is InChI=1S/C20H24N2O3/c1-24-18-9-10-19(25-2)16(11-18)13-22(17-7-8-17)20(23)15-5-3-14(12-21)4-6-15/h3-6,9-11,17H,7-8,12-13,21H2,1-2H3. The first-order valence-electron chi connectivity index (χ1n) is 8.47. The Morgan fingerprint density at radius 3 is 2.40 bits per heavy atom. The molecule has 0 aromatic heterocycles. The normalized spacial score (nSPS) is 13.4. The Kier molecular flexibility index (Phi) is 5.24. The summed E-state index contributed by atoms with van der Waals surface area (Å²) in [4.78, 5) is 14.9. The van der Waals surface area contributed by atoms with Crippen molar-refractivity contribution >= 4 is 5.91 Å². The SMILES string of the molecule is COc1ccc(OC)c(CN(C(=O)c2ccc(CN)cc2)C2CC2)c1. The van der Waals surface area contributed by atoms with E-state index >= 15 is 0 Å². The molecule has 25 heavy (non-hydrogen) atoms. The first-order valence-corrected chi connectivity index (χ1v) is 8.47. The van der Waals surface area contributed by atoms with E-state index in [1.54, 1.807) is 14.2 Å². The molecule has 0 radical (unpaired) electrons. The number of methoxy groups -OCH3 is 2. The van der Waals surface area contributed by atoms with Gasteiger partial charge in [0, 0.05) is 23.7 Å². The number of ether oxygens (including phenoxy) is 2. The van der Waals surface area contributed by atoms with E-state index in [1.807, 2.05) is 47.4 Å². The van der Waals surface area contributed by atoms with Gasteiger partial charge in [0.2, 0.25) is 0 Å². The molecule has 0 aliphatic heterocycles. The highest BCUT2D eigenvalue weighted by Gasteiger charge is 2.33. The molecule has 1 fully saturated rings. The maximum Gasteiger partial charge on any atom is 0.254 e. The highest BCUT2D eigenvalue weighted by Crippen LogP contribution is 2.33. The smallest absolute Gasteiger partial charge is 0.254 e. The summed E-state index contributed by atoms with van der Waals surface area (Å²) < 4.78 is 10.8. The second-order valence-electron chi connectivity index (χ2n) is 6.24. The average molecular weight is 340 g/mol. The lowest BCUT2D eigenvalue weighted by Crippen LogP contribution is -2.32. The van der Waals surface area contributed by atoms with Crippen molar-refractivity contribution in [1.82, 2.24) is 4.90 Å². The molecule has 0 unspecified atom stereocenters. The maximum atomic E-state index is 13.0. The number of amides is 1. The van der Waals surface area contributed by atoms with Crippen LogP contribution in [0.4, 0.5) is 0 Å². The second kappa shape index (κ2) is 7.57. The molecule has 0 saturated heterocycles. The van der Waals surface area contributed by atoms with Crippen LogP contribution >= 0.6 is 0 Å². The summed E-state index contributed by atoms with van der Waals surface area (Å²) in [5, 5.41) is 0. The summed E-state index contributed by atoms with van der Waals surface area (Å²) in [5.74, 6) is 1.56. The van der Waals surface area contributed by atoms with Gasteiger partial charge in [-0.25, -0.2) is 0 Å². The Bertz CT molecular complexity index is 739. The minimum atomic E-state index is 0.0379. The van der Waals surface area contributed by atoms with Crippen molar-refractivity contribution in [3.8, 4) is 11.5 Å². The summed E-state index contributed by atoms with van der Waals surface area (Å²) in [6.45, 7) is 0.977. The van der Waals surface area contributed by atoms with Crippen LogP contribution in [0.15, 0.2) is 42.5 Å². The van der Waals surface area contributed by atoms with Gasteiger partial charge in [0.1, 0.15) is 11.5 Å². The summed E-state index contributed by atoms with van der Waals surface area (Å²) in [5.41, 5.74) is 8.28. The minimum absolute atomic E-state index is 0.0379. The fourth-order valence-corrected chi connectivity index (χ4v) is 2.89. The van der Waals surface area contributed by atoms with Crippen LogP contribution in [0.5, 0.6) is 11.5 Å². The topological polar surface area (TPSA) is 64.8 Å². The molecule has 1 amide bonds. The van der Waals surface area contributed by atoms with Crippen LogP contribution in [-0.4, -0.2) is 31.1 Å². The molecular formula is C20H24N2O3. The molecule has 2 N–H and O–H groups in total. The van der Waals surface area contributed by atoms with Crippen LogP contribution in [0.3, 0.4) is 0 Å². The van der Waals surface area contributed by atoms with Gasteiger partial charge in [-0.1, -0.05) is 12.1 Å². The van der Waals surface area contributed by atoms with Crippen LogP contribution in [0.1, 0.15) is 34.3 Å². The summed E-state index contributed by atoms with van der Waals surface area (Å²) >= 11 is 0. The van der Waals surface area contributed by atoms with Crippen molar-refractivity contribution in [2.24, 2.45) is 5.73 Å². The molecule has 0 bridgehead atoms. The van der Waals surface area contributed by atoms with E-state index in [4.69, 9.17) is 15.2 Å². The molecule has 0 atom stereocenters. The van der Waals surface area contributed by atoms with Gasteiger partial charge in [0.15, 0.2) is 0 Å². The third-order valence-corrected chi connectivity index (χ3v) is 4.51. The molecule has 5 nitrogen and oxygen atoms in total. The van der Waals surface area contributed by atoms with Crippen LogP contribution in [-0.2, 0) is 13.1 Å². The molecule has 132 valence electrons.